The number of carbonyl (C=O) groups excluding carboxylic acids is 4. The smallest absolute Gasteiger partial charge is 0.262 e. The van der Waals surface area contributed by atoms with Crippen LogP contribution < -0.4 is 20.1 Å². The SMILES string of the molecule is Cc1nc(-c2ncc(Oc3ccc(C4(c5ccc(O[C@H]6C[C@H](Nc7ccc8c(c7)C(=O)N(C7CCC(=O)NC7=O)C8=O)C6)cc5)CCCC4)cc3)cn2)no1. The van der Waals surface area contributed by atoms with Gasteiger partial charge in [-0.3, -0.25) is 29.4 Å². The number of rotatable bonds is 10. The molecule has 2 aromatic heterocycles. The number of ether oxygens (including phenoxy) is 2. The van der Waals surface area contributed by atoms with Crippen LogP contribution >= 0.6 is 0 Å². The molecule has 0 bridgehead atoms. The van der Waals surface area contributed by atoms with Crippen molar-refractivity contribution in [3.63, 3.8) is 0 Å². The molecule has 2 aliphatic carbocycles. The third kappa shape index (κ3) is 6.47. The number of imide groups is 2. The largest absolute Gasteiger partial charge is 0.490 e. The van der Waals surface area contributed by atoms with Crippen LogP contribution in [0.4, 0.5) is 5.69 Å². The number of amides is 4. The third-order valence-electron chi connectivity index (χ3n) is 11.1. The highest BCUT2D eigenvalue weighted by molar-refractivity contribution is 6.23. The molecule has 1 saturated heterocycles. The third-order valence-corrected chi connectivity index (χ3v) is 11.1. The molecule has 14 nitrogen and oxygen atoms in total. The summed E-state index contributed by atoms with van der Waals surface area (Å²) in [5.74, 6) is 1.10. The van der Waals surface area contributed by atoms with Crippen molar-refractivity contribution in [2.45, 2.75) is 81.9 Å². The van der Waals surface area contributed by atoms with E-state index in [9.17, 15) is 19.2 Å². The number of anilines is 1. The van der Waals surface area contributed by atoms with Gasteiger partial charge in [0.25, 0.3) is 11.8 Å². The molecule has 0 radical (unpaired) electrons. The fourth-order valence-electron chi connectivity index (χ4n) is 8.20. The predicted molar refractivity (Wildman–Crippen MR) is 196 cm³/mol. The highest BCUT2D eigenvalue weighted by atomic mass is 16.5. The quantitative estimate of drug-likeness (QED) is 0.162. The number of piperidine rings is 1. The van der Waals surface area contributed by atoms with Crippen molar-refractivity contribution in [1.82, 2.24) is 30.3 Å². The molecule has 14 heteroatoms. The van der Waals surface area contributed by atoms with Gasteiger partial charge in [0.2, 0.25) is 29.4 Å². The van der Waals surface area contributed by atoms with Crippen molar-refractivity contribution in [1.29, 1.82) is 0 Å². The summed E-state index contributed by atoms with van der Waals surface area (Å²) >= 11 is 0. The van der Waals surface area contributed by atoms with Crippen LogP contribution in [-0.4, -0.2) is 66.8 Å². The first-order chi connectivity index (χ1) is 26.7. The zero-order valence-corrected chi connectivity index (χ0v) is 30.0. The van der Waals surface area contributed by atoms with E-state index in [1.807, 2.05) is 12.1 Å². The van der Waals surface area contributed by atoms with Gasteiger partial charge in [0.05, 0.1) is 23.5 Å². The van der Waals surface area contributed by atoms with Crippen LogP contribution in [0.1, 0.15) is 89.1 Å². The zero-order chi connectivity index (χ0) is 37.7. The molecule has 2 saturated carbocycles. The Bertz CT molecular complexity index is 2290. The molecule has 3 aromatic carbocycles. The van der Waals surface area contributed by atoms with Gasteiger partial charge in [-0.25, -0.2) is 9.97 Å². The van der Waals surface area contributed by atoms with Crippen molar-refractivity contribution in [3.8, 4) is 28.9 Å². The second-order valence-corrected chi connectivity index (χ2v) is 14.6. The fourth-order valence-corrected chi connectivity index (χ4v) is 8.20. The Balaban J connectivity index is 0.797. The summed E-state index contributed by atoms with van der Waals surface area (Å²) in [6.07, 6.45) is 9.42. The number of benzene rings is 3. The molecule has 4 aliphatic rings. The second-order valence-electron chi connectivity index (χ2n) is 14.6. The van der Waals surface area contributed by atoms with Crippen LogP contribution in [0.2, 0.25) is 0 Å². The molecule has 5 aromatic rings. The molecular weight excluding hydrogens is 702 g/mol. The molecule has 9 rings (SSSR count). The molecule has 55 heavy (non-hydrogen) atoms. The van der Waals surface area contributed by atoms with Crippen molar-refractivity contribution < 1.29 is 33.2 Å². The first-order valence-corrected chi connectivity index (χ1v) is 18.5. The number of aromatic nitrogens is 4. The number of nitrogens with one attached hydrogen (secondary N) is 2. The highest BCUT2D eigenvalue weighted by Crippen LogP contribution is 2.47. The van der Waals surface area contributed by atoms with Gasteiger partial charge in [-0.15, -0.1) is 0 Å². The van der Waals surface area contributed by atoms with E-state index in [0.29, 0.717) is 29.0 Å². The van der Waals surface area contributed by atoms with Crippen molar-refractivity contribution in [2.75, 3.05) is 5.32 Å². The lowest BCUT2D eigenvalue weighted by Crippen LogP contribution is -2.54. The van der Waals surface area contributed by atoms with Crippen molar-refractivity contribution >= 4 is 29.3 Å². The van der Waals surface area contributed by atoms with E-state index >= 15 is 0 Å². The fraction of sp³-hybridized carbons (Fsp3) is 0.317. The van der Waals surface area contributed by atoms with E-state index in [1.54, 1.807) is 37.5 Å². The number of carbonyl (C=O) groups is 4. The highest BCUT2D eigenvalue weighted by Gasteiger charge is 2.45. The number of hydrogen-bond acceptors (Lipinski definition) is 12. The minimum absolute atomic E-state index is 0.0433. The first kappa shape index (κ1) is 34.3. The minimum Gasteiger partial charge on any atom is -0.490 e. The molecule has 278 valence electrons. The maximum atomic E-state index is 13.2. The van der Waals surface area contributed by atoms with Gasteiger partial charge in [-0.05, 0) is 72.9 Å². The number of nitrogens with zero attached hydrogens (tertiary/aromatic N) is 5. The van der Waals surface area contributed by atoms with Gasteiger partial charge >= 0.3 is 0 Å². The Kier molecular flexibility index (Phi) is 8.59. The average molecular weight is 740 g/mol. The van der Waals surface area contributed by atoms with E-state index in [0.717, 1.165) is 54.9 Å². The van der Waals surface area contributed by atoms with E-state index in [4.69, 9.17) is 14.0 Å². The summed E-state index contributed by atoms with van der Waals surface area (Å²) in [5, 5.41) is 9.53. The van der Waals surface area contributed by atoms with Crippen LogP contribution in [0.5, 0.6) is 17.2 Å². The monoisotopic (exact) mass is 739 g/mol. The average Bonchev–Trinajstić information content (AvgIpc) is 3.91. The van der Waals surface area contributed by atoms with Gasteiger partial charge in [-0.1, -0.05) is 42.3 Å². The summed E-state index contributed by atoms with van der Waals surface area (Å²) in [6, 6.07) is 21.0. The van der Waals surface area contributed by atoms with Crippen molar-refractivity contribution in [3.05, 3.63) is 107 Å². The summed E-state index contributed by atoms with van der Waals surface area (Å²) in [7, 11) is 0. The lowest BCUT2D eigenvalue weighted by molar-refractivity contribution is -0.136. The number of hydrogen-bond donors (Lipinski definition) is 2. The molecule has 2 N–H and O–H groups in total. The van der Waals surface area contributed by atoms with Gasteiger partial charge < -0.3 is 19.3 Å². The van der Waals surface area contributed by atoms with Crippen molar-refractivity contribution in [2.24, 2.45) is 0 Å². The topological polar surface area (TPSA) is 179 Å². The summed E-state index contributed by atoms with van der Waals surface area (Å²) in [4.78, 5) is 64.0. The Labute approximate surface area is 315 Å². The van der Waals surface area contributed by atoms with Crippen LogP contribution in [0, 0.1) is 6.92 Å². The number of fused-ring (bicyclic) bond motifs is 1. The Morgan fingerprint density at radius 3 is 2.15 bits per heavy atom. The molecule has 2 aliphatic heterocycles. The van der Waals surface area contributed by atoms with Gasteiger partial charge in [0.1, 0.15) is 23.6 Å². The van der Waals surface area contributed by atoms with Gasteiger partial charge in [0, 0.05) is 43.3 Å². The molecule has 1 unspecified atom stereocenters. The lowest BCUT2D eigenvalue weighted by Gasteiger charge is -2.36. The van der Waals surface area contributed by atoms with E-state index in [2.05, 4.69) is 67.1 Å². The molecular formula is C41H37N7O7. The maximum Gasteiger partial charge on any atom is 0.262 e. The van der Waals surface area contributed by atoms with Crippen LogP contribution in [0.15, 0.2) is 83.6 Å². The normalized spacial score (nSPS) is 21.5. The molecule has 4 amide bonds. The van der Waals surface area contributed by atoms with Crippen LogP contribution in [0.25, 0.3) is 11.6 Å². The minimum atomic E-state index is -0.988. The van der Waals surface area contributed by atoms with Crippen LogP contribution in [0.3, 0.4) is 0 Å². The second kappa shape index (κ2) is 13.8. The first-order valence-electron chi connectivity index (χ1n) is 18.5. The molecule has 0 spiro atoms. The predicted octanol–water partition coefficient (Wildman–Crippen LogP) is 5.91. The summed E-state index contributed by atoms with van der Waals surface area (Å²) in [5.41, 5.74) is 3.66. The zero-order valence-electron chi connectivity index (χ0n) is 30.0. The van der Waals surface area contributed by atoms with E-state index < -0.39 is 29.7 Å². The summed E-state index contributed by atoms with van der Waals surface area (Å²) in [6.45, 7) is 1.71. The van der Waals surface area contributed by atoms with Crippen LogP contribution in [-0.2, 0) is 15.0 Å². The Morgan fingerprint density at radius 2 is 1.49 bits per heavy atom. The van der Waals surface area contributed by atoms with E-state index in [-0.39, 0.29) is 41.5 Å². The molecule has 1 atom stereocenters. The van der Waals surface area contributed by atoms with Gasteiger partial charge in [-0.2, -0.15) is 4.98 Å². The maximum absolute atomic E-state index is 13.2. The Hall–Kier alpha value is -6.44. The van der Waals surface area contributed by atoms with Gasteiger partial charge in [0.15, 0.2) is 5.75 Å². The lowest BCUT2D eigenvalue weighted by atomic mass is 9.73. The molecule has 3 fully saturated rings. The molecule has 4 heterocycles. The number of aryl methyl sites for hydroxylation is 1. The standard InChI is InChI=1S/C41H37N7O7/c1-23-44-37(47-55-23)36-42-21-31(22-43-36)54-29-11-6-25(7-12-29)41(16-2-3-17-41)24-4-9-28(10-5-24)53-30-18-27(19-30)45-26-8-13-32-33(20-26)40(52)48(39(32)51)34-14-15-35(49)46-38(34)50/h4-13,20-22,27,30,34,45H,2-3,14-19H2,1H3,(H,46,49,50)/t27-,30-,34?. The Morgan fingerprint density at radius 1 is 0.818 bits per heavy atom. The van der Waals surface area contributed by atoms with E-state index in [1.165, 1.54) is 11.1 Å². The summed E-state index contributed by atoms with van der Waals surface area (Å²) < 4.78 is 17.4.